The largest absolute Gasteiger partial charge is 0.387 e. The van der Waals surface area contributed by atoms with Crippen LogP contribution in [-0.4, -0.2) is 18.7 Å². The highest BCUT2D eigenvalue weighted by Gasteiger charge is 2.10. The number of rotatable bonds is 4. The molecule has 0 aromatic heterocycles. The minimum atomic E-state index is -0.650. The van der Waals surface area contributed by atoms with Crippen molar-refractivity contribution in [2.24, 2.45) is 0 Å². The van der Waals surface area contributed by atoms with Gasteiger partial charge in [-0.05, 0) is 36.2 Å². The van der Waals surface area contributed by atoms with Crippen LogP contribution < -0.4 is 5.32 Å². The van der Waals surface area contributed by atoms with E-state index in [-0.39, 0.29) is 11.7 Å². The van der Waals surface area contributed by atoms with Crippen LogP contribution in [0, 0.1) is 5.82 Å². The Morgan fingerprint density at radius 2 is 1.87 bits per heavy atom. The molecule has 1 rings (SSSR count). The molecule has 2 N–H and O–H groups in total. The van der Waals surface area contributed by atoms with E-state index >= 15 is 0 Å². The number of benzene rings is 1. The topological polar surface area (TPSA) is 32.3 Å². The maximum atomic E-state index is 13.3. The lowest BCUT2D eigenvalue weighted by Crippen LogP contribution is -2.17. The van der Waals surface area contributed by atoms with Gasteiger partial charge in [0.2, 0.25) is 0 Å². The average Bonchev–Trinajstić information content (AvgIpc) is 2.17. The Morgan fingerprint density at radius 1 is 1.27 bits per heavy atom. The normalized spacial score (nSPS) is 13.2. The number of nitrogens with one attached hydrogen (secondary N) is 1. The van der Waals surface area contributed by atoms with Crippen LogP contribution in [-0.2, 0) is 0 Å². The molecule has 0 aliphatic heterocycles. The molecule has 1 unspecified atom stereocenters. The van der Waals surface area contributed by atoms with Crippen LogP contribution in [0.1, 0.15) is 37.0 Å². The highest BCUT2D eigenvalue weighted by Crippen LogP contribution is 2.21. The van der Waals surface area contributed by atoms with Gasteiger partial charge in [0.15, 0.2) is 0 Å². The van der Waals surface area contributed by atoms with E-state index in [4.69, 9.17) is 0 Å². The summed E-state index contributed by atoms with van der Waals surface area (Å²) in [5.74, 6) is -0.0208. The molecule has 0 saturated carbocycles. The van der Waals surface area contributed by atoms with Crippen LogP contribution in [0.25, 0.3) is 0 Å². The fourth-order valence-corrected chi connectivity index (χ4v) is 1.47. The molecular formula is C12H18FNO. The average molecular weight is 211 g/mol. The molecule has 0 heterocycles. The lowest BCUT2D eigenvalue weighted by atomic mass is 9.98. The summed E-state index contributed by atoms with van der Waals surface area (Å²) in [6.45, 7) is 4.44. The number of aliphatic hydroxyl groups excluding tert-OH is 1. The van der Waals surface area contributed by atoms with Crippen molar-refractivity contribution in [1.29, 1.82) is 0 Å². The van der Waals surface area contributed by atoms with Gasteiger partial charge in [-0.25, -0.2) is 4.39 Å². The molecule has 0 aliphatic rings. The molecule has 0 fully saturated rings. The first-order chi connectivity index (χ1) is 7.04. The molecular weight excluding hydrogens is 193 g/mol. The van der Waals surface area contributed by atoms with Crippen molar-refractivity contribution >= 4 is 0 Å². The Kier molecular flexibility index (Phi) is 4.24. The van der Waals surface area contributed by atoms with Gasteiger partial charge in [0.1, 0.15) is 5.82 Å². The Balaban J connectivity index is 2.98. The van der Waals surface area contributed by atoms with Crippen LogP contribution in [0.3, 0.4) is 0 Å². The van der Waals surface area contributed by atoms with Crippen LogP contribution >= 0.6 is 0 Å². The van der Waals surface area contributed by atoms with Gasteiger partial charge < -0.3 is 10.4 Å². The highest BCUT2D eigenvalue weighted by atomic mass is 19.1. The van der Waals surface area contributed by atoms with Crippen molar-refractivity contribution in [2.45, 2.75) is 25.9 Å². The summed E-state index contributed by atoms with van der Waals surface area (Å²) in [5.41, 5.74) is 1.55. The van der Waals surface area contributed by atoms with E-state index in [0.29, 0.717) is 12.1 Å². The van der Waals surface area contributed by atoms with E-state index in [0.717, 1.165) is 5.56 Å². The standard InChI is InChI=1S/C12H18FNO/c1-8(2)9-4-10(6-11(13)5-9)12(15)7-14-3/h4-6,8,12,14-15H,7H2,1-3H3. The molecule has 1 aromatic carbocycles. The molecule has 1 atom stereocenters. The zero-order valence-corrected chi connectivity index (χ0v) is 9.42. The van der Waals surface area contributed by atoms with Crippen molar-refractivity contribution in [1.82, 2.24) is 5.32 Å². The van der Waals surface area contributed by atoms with Crippen molar-refractivity contribution in [3.8, 4) is 0 Å². The molecule has 0 spiro atoms. The summed E-state index contributed by atoms with van der Waals surface area (Å²) in [6, 6.07) is 4.75. The third-order valence-electron chi connectivity index (χ3n) is 2.39. The predicted octanol–water partition coefficient (Wildman–Crippen LogP) is 2.20. The first-order valence-corrected chi connectivity index (χ1v) is 5.17. The van der Waals surface area contributed by atoms with Gasteiger partial charge in [-0.3, -0.25) is 0 Å². The van der Waals surface area contributed by atoms with Gasteiger partial charge in [-0.1, -0.05) is 19.9 Å². The Morgan fingerprint density at radius 3 is 2.40 bits per heavy atom. The summed E-state index contributed by atoms with van der Waals surface area (Å²) < 4.78 is 13.3. The number of aliphatic hydroxyl groups is 1. The zero-order chi connectivity index (χ0) is 11.4. The molecule has 0 amide bonds. The highest BCUT2D eigenvalue weighted by molar-refractivity contribution is 5.28. The third-order valence-corrected chi connectivity index (χ3v) is 2.39. The number of halogens is 1. The summed E-state index contributed by atoms with van der Waals surface area (Å²) in [5, 5.41) is 12.6. The monoisotopic (exact) mass is 211 g/mol. The quantitative estimate of drug-likeness (QED) is 0.800. The smallest absolute Gasteiger partial charge is 0.123 e. The maximum absolute atomic E-state index is 13.3. The second-order valence-corrected chi connectivity index (χ2v) is 4.05. The molecule has 3 heteroatoms. The summed E-state index contributed by atoms with van der Waals surface area (Å²) in [7, 11) is 1.76. The van der Waals surface area contributed by atoms with Crippen molar-refractivity contribution < 1.29 is 9.50 Å². The van der Waals surface area contributed by atoms with Gasteiger partial charge in [-0.2, -0.15) is 0 Å². The fraction of sp³-hybridized carbons (Fsp3) is 0.500. The van der Waals surface area contributed by atoms with Gasteiger partial charge in [0.25, 0.3) is 0 Å². The number of hydrogen-bond donors (Lipinski definition) is 2. The Bertz CT molecular complexity index is 325. The van der Waals surface area contributed by atoms with E-state index in [1.165, 1.54) is 12.1 Å². The SMILES string of the molecule is CNCC(O)c1cc(F)cc(C(C)C)c1. The van der Waals surface area contributed by atoms with E-state index in [2.05, 4.69) is 5.32 Å². The molecule has 0 radical (unpaired) electrons. The first-order valence-electron chi connectivity index (χ1n) is 5.17. The van der Waals surface area contributed by atoms with Gasteiger partial charge in [0, 0.05) is 6.54 Å². The fourth-order valence-electron chi connectivity index (χ4n) is 1.47. The van der Waals surface area contributed by atoms with E-state index in [9.17, 15) is 9.50 Å². The minimum absolute atomic E-state index is 0.265. The summed E-state index contributed by atoms with van der Waals surface area (Å²) >= 11 is 0. The summed E-state index contributed by atoms with van der Waals surface area (Å²) in [4.78, 5) is 0. The first kappa shape index (κ1) is 12.1. The van der Waals surface area contributed by atoms with E-state index in [1.807, 2.05) is 19.9 Å². The second kappa shape index (κ2) is 5.24. The third kappa shape index (κ3) is 3.29. The summed E-state index contributed by atoms with van der Waals surface area (Å²) in [6.07, 6.45) is -0.650. The maximum Gasteiger partial charge on any atom is 0.123 e. The number of likely N-dealkylation sites (N-methyl/N-ethyl adjacent to an activating group) is 1. The van der Waals surface area contributed by atoms with Crippen LogP contribution in [0.2, 0.25) is 0 Å². The Hall–Kier alpha value is -0.930. The van der Waals surface area contributed by atoms with E-state index < -0.39 is 6.10 Å². The molecule has 2 nitrogen and oxygen atoms in total. The van der Waals surface area contributed by atoms with Gasteiger partial charge in [-0.15, -0.1) is 0 Å². The lowest BCUT2D eigenvalue weighted by Gasteiger charge is -2.13. The van der Waals surface area contributed by atoms with Gasteiger partial charge >= 0.3 is 0 Å². The van der Waals surface area contributed by atoms with Crippen molar-refractivity contribution in [3.05, 3.63) is 35.1 Å². The zero-order valence-electron chi connectivity index (χ0n) is 9.42. The van der Waals surface area contributed by atoms with Crippen LogP contribution in [0.5, 0.6) is 0 Å². The molecule has 0 bridgehead atoms. The second-order valence-electron chi connectivity index (χ2n) is 4.05. The molecule has 0 aliphatic carbocycles. The molecule has 84 valence electrons. The van der Waals surface area contributed by atoms with Crippen LogP contribution in [0.4, 0.5) is 4.39 Å². The predicted molar refractivity (Wildman–Crippen MR) is 59.4 cm³/mol. The van der Waals surface area contributed by atoms with Crippen molar-refractivity contribution in [3.63, 3.8) is 0 Å². The molecule has 1 aromatic rings. The van der Waals surface area contributed by atoms with Crippen LogP contribution in [0.15, 0.2) is 18.2 Å². The van der Waals surface area contributed by atoms with Crippen molar-refractivity contribution in [2.75, 3.05) is 13.6 Å². The van der Waals surface area contributed by atoms with Gasteiger partial charge in [0.05, 0.1) is 6.10 Å². The Labute approximate surface area is 90.1 Å². The molecule has 0 saturated heterocycles. The number of hydrogen-bond acceptors (Lipinski definition) is 2. The lowest BCUT2D eigenvalue weighted by molar-refractivity contribution is 0.177. The van der Waals surface area contributed by atoms with E-state index in [1.54, 1.807) is 7.05 Å². The molecule has 15 heavy (non-hydrogen) atoms. The minimum Gasteiger partial charge on any atom is -0.387 e.